The molecule has 1 aromatic rings. The predicted molar refractivity (Wildman–Crippen MR) is 97.1 cm³/mol. The van der Waals surface area contributed by atoms with Crippen LogP contribution in [0.1, 0.15) is 24.8 Å². The van der Waals surface area contributed by atoms with Gasteiger partial charge in [0, 0.05) is 30.8 Å². The number of carbonyl (C=O) groups is 3. The monoisotopic (exact) mass is 385 g/mol. The largest absolute Gasteiger partial charge is 0.505 e. The molecule has 8 heteroatoms. The number of likely N-dealkylation sites (tertiary alicyclic amines) is 1. The third kappa shape index (κ3) is 3.15. The third-order valence-electron chi connectivity index (χ3n) is 5.46. The summed E-state index contributed by atoms with van der Waals surface area (Å²) in [6, 6.07) is 3.78. The second-order valence-corrected chi connectivity index (χ2v) is 7.17. The van der Waals surface area contributed by atoms with Crippen LogP contribution in [-0.2, 0) is 20.9 Å². The molecule has 1 aliphatic carbocycles. The maximum atomic E-state index is 14.0. The first-order valence-electron chi connectivity index (χ1n) is 9.19. The number of nitrogens with zero attached hydrogens (tertiary/aromatic N) is 1. The second-order valence-electron chi connectivity index (χ2n) is 7.17. The number of hydrogen-bond acceptors (Lipinski definition) is 5. The summed E-state index contributed by atoms with van der Waals surface area (Å²) in [5.41, 5.74) is 1.90. The molecular weight excluding hydrogens is 365 g/mol. The number of fused-ring (bicyclic) bond motifs is 1. The van der Waals surface area contributed by atoms with E-state index >= 15 is 0 Å². The van der Waals surface area contributed by atoms with Crippen molar-refractivity contribution in [3.8, 4) is 5.75 Å². The van der Waals surface area contributed by atoms with Gasteiger partial charge in [-0.05, 0) is 30.6 Å². The van der Waals surface area contributed by atoms with Crippen molar-refractivity contribution in [2.24, 2.45) is 5.92 Å². The summed E-state index contributed by atoms with van der Waals surface area (Å²) < 4.78 is 14.0. The van der Waals surface area contributed by atoms with Gasteiger partial charge in [-0.25, -0.2) is 4.39 Å². The van der Waals surface area contributed by atoms with Crippen molar-refractivity contribution in [1.29, 1.82) is 0 Å². The fourth-order valence-corrected chi connectivity index (χ4v) is 3.97. The quantitative estimate of drug-likeness (QED) is 0.674. The van der Waals surface area contributed by atoms with Crippen LogP contribution in [0.5, 0.6) is 5.75 Å². The standard InChI is InChI=1S/C20H20FN3O4/c21-18-11(3-1-6-16(18)25)9-22-14-5-2-4-12-13(14)10-24(20(12)28)15-7-8-17(26)23-19(15)27/h1-3,5-6,12,15,22,25H,4,7-10H2,(H,23,26,27)/t12?,15-/m1/s1. The Kier molecular flexibility index (Phi) is 4.62. The normalized spacial score (nSPS) is 24.5. The van der Waals surface area contributed by atoms with Crippen LogP contribution in [-0.4, -0.2) is 40.3 Å². The smallest absolute Gasteiger partial charge is 0.249 e. The number of piperidine rings is 1. The van der Waals surface area contributed by atoms with Gasteiger partial charge in [-0.15, -0.1) is 0 Å². The second kappa shape index (κ2) is 7.10. The van der Waals surface area contributed by atoms with Crippen LogP contribution < -0.4 is 10.6 Å². The number of carbonyl (C=O) groups excluding carboxylic acids is 3. The van der Waals surface area contributed by atoms with Crippen LogP contribution >= 0.6 is 0 Å². The fraction of sp³-hybridized carbons (Fsp3) is 0.350. The molecule has 28 heavy (non-hydrogen) atoms. The number of hydrogen-bond donors (Lipinski definition) is 3. The number of nitrogens with one attached hydrogen (secondary N) is 2. The molecule has 0 bridgehead atoms. The Morgan fingerprint density at radius 2 is 2.11 bits per heavy atom. The first-order valence-corrected chi connectivity index (χ1v) is 9.19. The lowest BCUT2D eigenvalue weighted by atomic mass is 9.92. The summed E-state index contributed by atoms with van der Waals surface area (Å²) in [7, 11) is 0. The van der Waals surface area contributed by atoms with Gasteiger partial charge in [0.25, 0.3) is 0 Å². The van der Waals surface area contributed by atoms with Crippen LogP contribution in [0.3, 0.4) is 0 Å². The zero-order chi connectivity index (χ0) is 19.8. The topological polar surface area (TPSA) is 98.7 Å². The van der Waals surface area contributed by atoms with Crippen LogP contribution in [0.25, 0.3) is 0 Å². The number of imide groups is 1. The van der Waals surface area contributed by atoms with E-state index in [2.05, 4.69) is 10.6 Å². The average molecular weight is 385 g/mol. The summed E-state index contributed by atoms with van der Waals surface area (Å²) in [6.45, 7) is 0.452. The zero-order valence-electron chi connectivity index (χ0n) is 15.1. The Hall–Kier alpha value is -3.16. The maximum Gasteiger partial charge on any atom is 0.249 e. The number of rotatable bonds is 4. The molecule has 3 N–H and O–H groups in total. The molecule has 2 saturated heterocycles. The van der Waals surface area contributed by atoms with Crippen LogP contribution in [0.2, 0.25) is 0 Å². The number of allylic oxidation sites excluding steroid dienone is 2. The molecule has 2 atom stereocenters. The van der Waals surface area contributed by atoms with E-state index in [1.165, 1.54) is 11.0 Å². The molecular formula is C20H20FN3O4. The van der Waals surface area contributed by atoms with Crippen LogP contribution in [0, 0.1) is 11.7 Å². The summed E-state index contributed by atoms with van der Waals surface area (Å²) in [5, 5.41) is 14.9. The van der Waals surface area contributed by atoms with Crippen molar-refractivity contribution in [3.05, 3.63) is 53.0 Å². The molecule has 7 nitrogen and oxygen atoms in total. The Labute approximate surface area is 160 Å². The highest BCUT2D eigenvalue weighted by Gasteiger charge is 2.44. The van der Waals surface area contributed by atoms with Crippen molar-refractivity contribution in [3.63, 3.8) is 0 Å². The van der Waals surface area contributed by atoms with E-state index < -0.39 is 23.5 Å². The van der Waals surface area contributed by atoms with Crippen molar-refractivity contribution in [2.75, 3.05) is 6.54 Å². The molecule has 2 heterocycles. The zero-order valence-corrected chi connectivity index (χ0v) is 15.1. The van der Waals surface area contributed by atoms with Crippen molar-refractivity contribution < 1.29 is 23.9 Å². The van der Waals surface area contributed by atoms with E-state index in [9.17, 15) is 23.9 Å². The van der Waals surface area contributed by atoms with Gasteiger partial charge in [-0.3, -0.25) is 19.7 Å². The molecule has 3 amide bonds. The number of amides is 3. The lowest BCUT2D eigenvalue weighted by molar-refractivity contribution is -0.144. The van der Waals surface area contributed by atoms with Crippen LogP contribution in [0.4, 0.5) is 4.39 Å². The number of halogens is 1. The molecule has 146 valence electrons. The molecule has 3 aliphatic rings. The van der Waals surface area contributed by atoms with Crippen molar-refractivity contribution in [1.82, 2.24) is 15.5 Å². The van der Waals surface area contributed by atoms with Gasteiger partial charge < -0.3 is 15.3 Å². The van der Waals surface area contributed by atoms with Gasteiger partial charge in [0.1, 0.15) is 6.04 Å². The first-order chi connectivity index (χ1) is 13.5. The van der Waals surface area contributed by atoms with Gasteiger partial charge in [0.15, 0.2) is 11.6 Å². The summed E-state index contributed by atoms with van der Waals surface area (Å²) >= 11 is 0. The predicted octanol–water partition coefficient (Wildman–Crippen LogP) is 1.10. The van der Waals surface area contributed by atoms with E-state index in [0.717, 1.165) is 11.3 Å². The maximum absolute atomic E-state index is 14.0. The van der Waals surface area contributed by atoms with Gasteiger partial charge >= 0.3 is 0 Å². The average Bonchev–Trinajstić information content (AvgIpc) is 3.00. The van der Waals surface area contributed by atoms with Gasteiger partial charge in [-0.1, -0.05) is 18.2 Å². The minimum Gasteiger partial charge on any atom is -0.505 e. The van der Waals surface area contributed by atoms with Gasteiger partial charge in [0.05, 0.1) is 5.92 Å². The van der Waals surface area contributed by atoms with Gasteiger partial charge in [0.2, 0.25) is 17.7 Å². The Balaban J connectivity index is 1.54. The highest BCUT2D eigenvalue weighted by Crippen LogP contribution is 2.35. The van der Waals surface area contributed by atoms with E-state index in [1.807, 2.05) is 12.2 Å². The Bertz CT molecular complexity index is 924. The van der Waals surface area contributed by atoms with Crippen molar-refractivity contribution in [2.45, 2.75) is 31.8 Å². The number of benzene rings is 1. The molecule has 0 spiro atoms. The molecule has 2 fully saturated rings. The van der Waals surface area contributed by atoms with E-state index in [1.54, 1.807) is 12.1 Å². The first kappa shape index (κ1) is 18.2. The van der Waals surface area contributed by atoms with E-state index in [0.29, 0.717) is 24.9 Å². The van der Waals surface area contributed by atoms with Crippen molar-refractivity contribution >= 4 is 17.7 Å². The minimum absolute atomic E-state index is 0.128. The van der Waals surface area contributed by atoms with E-state index in [4.69, 9.17) is 0 Å². The highest BCUT2D eigenvalue weighted by molar-refractivity contribution is 6.02. The lowest BCUT2D eigenvalue weighted by Crippen LogP contribution is -2.53. The Morgan fingerprint density at radius 1 is 1.29 bits per heavy atom. The number of phenols is 1. The lowest BCUT2D eigenvalue weighted by Gasteiger charge is -2.29. The summed E-state index contributed by atoms with van der Waals surface area (Å²) in [4.78, 5) is 37.9. The molecule has 1 unspecified atom stereocenters. The molecule has 2 aliphatic heterocycles. The minimum atomic E-state index is -0.676. The van der Waals surface area contributed by atoms with Crippen LogP contribution in [0.15, 0.2) is 41.6 Å². The molecule has 0 radical (unpaired) electrons. The molecule has 4 rings (SSSR count). The number of aromatic hydroxyl groups is 1. The molecule has 0 aromatic heterocycles. The molecule has 1 aromatic carbocycles. The highest BCUT2D eigenvalue weighted by atomic mass is 19.1. The number of phenolic OH excluding ortho intramolecular Hbond substituents is 1. The Morgan fingerprint density at radius 3 is 2.89 bits per heavy atom. The summed E-state index contributed by atoms with van der Waals surface area (Å²) in [5.74, 6) is -2.32. The summed E-state index contributed by atoms with van der Waals surface area (Å²) in [6.07, 6.45) is 4.81. The van der Waals surface area contributed by atoms with Gasteiger partial charge in [-0.2, -0.15) is 0 Å². The SMILES string of the molecule is O=C1CC[C@@H](N2CC3=C(NCc4cccc(O)c4F)C=CCC3C2=O)C(=O)N1. The van der Waals surface area contributed by atoms with E-state index in [-0.39, 0.29) is 30.7 Å². The molecule has 0 saturated carbocycles. The third-order valence-corrected chi connectivity index (χ3v) is 5.46. The fourth-order valence-electron chi connectivity index (χ4n) is 3.97.